The predicted molar refractivity (Wildman–Crippen MR) is 62.1 cm³/mol. The molecule has 5 nitrogen and oxygen atoms in total. The third kappa shape index (κ3) is 5.12. The molecule has 19 heavy (non-hydrogen) atoms. The quantitative estimate of drug-likeness (QED) is 0.578. The first-order valence-electron chi connectivity index (χ1n) is 5.55. The van der Waals surface area contributed by atoms with Crippen LogP contribution in [0.15, 0.2) is 6.07 Å². The van der Waals surface area contributed by atoms with Crippen LogP contribution in [0.2, 0.25) is 0 Å². The molecule has 1 heterocycles. The Bertz CT molecular complexity index is 443. The average Bonchev–Trinajstić information content (AvgIpc) is 2.36. The van der Waals surface area contributed by atoms with E-state index in [-0.39, 0.29) is 18.9 Å². The lowest BCUT2D eigenvalue weighted by atomic mass is 10.3. The summed E-state index contributed by atoms with van der Waals surface area (Å²) in [6, 6.07) is 0.392. The fraction of sp³-hybridized carbons (Fsp3) is 0.455. The van der Waals surface area contributed by atoms with Crippen molar-refractivity contribution in [3.8, 4) is 0 Å². The summed E-state index contributed by atoms with van der Waals surface area (Å²) in [5.74, 6) is -4.47. The third-order valence-corrected chi connectivity index (χ3v) is 2.16. The summed E-state index contributed by atoms with van der Waals surface area (Å²) in [5, 5.41) is 4.97. The van der Waals surface area contributed by atoms with E-state index in [2.05, 4.69) is 15.6 Å². The van der Waals surface area contributed by atoms with Gasteiger partial charge in [0.1, 0.15) is 0 Å². The van der Waals surface area contributed by atoms with Gasteiger partial charge in [-0.25, -0.2) is 8.78 Å². The zero-order valence-electron chi connectivity index (χ0n) is 10.3. The highest BCUT2D eigenvalue weighted by atomic mass is 19.2. The Labute approximate surface area is 108 Å². The van der Waals surface area contributed by atoms with Gasteiger partial charge in [-0.15, -0.1) is 0 Å². The highest BCUT2D eigenvalue weighted by Gasteiger charge is 2.11. The zero-order chi connectivity index (χ0) is 14.3. The first-order valence-corrected chi connectivity index (χ1v) is 5.55. The third-order valence-electron chi connectivity index (χ3n) is 2.16. The van der Waals surface area contributed by atoms with Crippen molar-refractivity contribution in [1.29, 1.82) is 0 Å². The van der Waals surface area contributed by atoms with E-state index in [1.807, 2.05) is 0 Å². The maximum absolute atomic E-state index is 13.2. The summed E-state index contributed by atoms with van der Waals surface area (Å²) >= 11 is 0. The molecule has 1 rings (SSSR count). The molecule has 1 aromatic heterocycles. The first kappa shape index (κ1) is 15.2. The monoisotopic (exact) mass is 277 g/mol. The Morgan fingerprint density at radius 3 is 2.74 bits per heavy atom. The number of carbonyl (C=O) groups excluding carboxylic acids is 1. The minimum absolute atomic E-state index is 0.0455. The molecule has 0 aromatic carbocycles. The van der Waals surface area contributed by atoms with Crippen molar-refractivity contribution < 1.29 is 22.7 Å². The van der Waals surface area contributed by atoms with Gasteiger partial charge in [0.2, 0.25) is 5.91 Å². The SMILES string of the molecule is COCCNC(=O)CCNc1nc(F)c(F)cc1F. The lowest BCUT2D eigenvalue weighted by Crippen LogP contribution is -2.28. The molecule has 0 aliphatic rings. The average molecular weight is 277 g/mol. The van der Waals surface area contributed by atoms with Crippen molar-refractivity contribution in [3.05, 3.63) is 23.6 Å². The molecule has 0 fully saturated rings. The first-order chi connectivity index (χ1) is 9.04. The van der Waals surface area contributed by atoms with Crippen LogP contribution in [0.3, 0.4) is 0 Å². The van der Waals surface area contributed by atoms with E-state index in [1.165, 1.54) is 7.11 Å². The Kier molecular flexibility index (Phi) is 6.07. The molecule has 0 radical (unpaired) electrons. The van der Waals surface area contributed by atoms with Gasteiger partial charge in [-0.2, -0.15) is 9.37 Å². The van der Waals surface area contributed by atoms with Gasteiger partial charge in [-0.05, 0) is 0 Å². The van der Waals surface area contributed by atoms with Crippen molar-refractivity contribution in [1.82, 2.24) is 10.3 Å². The summed E-state index contributed by atoms with van der Waals surface area (Å²) < 4.78 is 43.3. The zero-order valence-corrected chi connectivity index (χ0v) is 10.3. The van der Waals surface area contributed by atoms with Crippen LogP contribution in [0.4, 0.5) is 19.0 Å². The van der Waals surface area contributed by atoms with Crippen LogP contribution in [0.5, 0.6) is 0 Å². The fourth-order valence-electron chi connectivity index (χ4n) is 1.24. The number of halogens is 3. The maximum atomic E-state index is 13.2. The van der Waals surface area contributed by atoms with E-state index in [0.717, 1.165) is 0 Å². The van der Waals surface area contributed by atoms with Gasteiger partial charge in [0.25, 0.3) is 5.95 Å². The van der Waals surface area contributed by atoms with Crippen LogP contribution in [0.25, 0.3) is 0 Å². The highest BCUT2D eigenvalue weighted by Crippen LogP contribution is 2.13. The molecule has 1 aromatic rings. The van der Waals surface area contributed by atoms with E-state index in [0.29, 0.717) is 19.2 Å². The van der Waals surface area contributed by atoms with Gasteiger partial charge in [0.15, 0.2) is 17.5 Å². The molecule has 0 aliphatic heterocycles. The number of anilines is 1. The standard InChI is InChI=1S/C11H14F3N3O2/c1-19-5-4-15-9(18)2-3-16-11-8(13)6-7(12)10(14)17-11/h6H,2-5H2,1H3,(H,15,18)(H,16,17). The molecule has 0 saturated carbocycles. The molecule has 1 amide bonds. The van der Waals surface area contributed by atoms with E-state index < -0.39 is 23.4 Å². The van der Waals surface area contributed by atoms with Gasteiger partial charge < -0.3 is 15.4 Å². The topological polar surface area (TPSA) is 63.2 Å². The van der Waals surface area contributed by atoms with Crippen molar-refractivity contribution >= 4 is 11.7 Å². The molecule has 0 saturated heterocycles. The van der Waals surface area contributed by atoms with Gasteiger partial charge in [0.05, 0.1) is 6.61 Å². The van der Waals surface area contributed by atoms with Crippen LogP contribution in [-0.2, 0) is 9.53 Å². The molecule has 0 atom stereocenters. The number of carbonyl (C=O) groups is 1. The van der Waals surface area contributed by atoms with Crippen LogP contribution >= 0.6 is 0 Å². The lowest BCUT2D eigenvalue weighted by Gasteiger charge is -2.07. The number of rotatable bonds is 7. The minimum Gasteiger partial charge on any atom is -0.383 e. The summed E-state index contributed by atoms with van der Waals surface area (Å²) in [6.45, 7) is 0.805. The minimum atomic E-state index is -1.39. The lowest BCUT2D eigenvalue weighted by molar-refractivity contribution is -0.121. The molecular weight excluding hydrogens is 263 g/mol. The molecular formula is C11H14F3N3O2. The second-order valence-electron chi connectivity index (χ2n) is 3.61. The normalized spacial score (nSPS) is 10.3. The number of nitrogens with one attached hydrogen (secondary N) is 2. The second kappa shape index (κ2) is 7.57. The predicted octanol–water partition coefficient (Wildman–Crippen LogP) is 1.06. The number of hydrogen-bond donors (Lipinski definition) is 2. The van der Waals surface area contributed by atoms with Crippen molar-refractivity contribution in [2.75, 3.05) is 32.1 Å². The number of nitrogens with zero attached hydrogens (tertiary/aromatic N) is 1. The smallest absolute Gasteiger partial charge is 0.251 e. The van der Waals surface area contributed by atoms with E-state index >= 15 is 0 Å². The van der Waals surface area contributed by atoms with Crippen molar-refractivity contribution in [2.24, 2.45) is 0 Å². The number of methoxy groups -OCH3 is 1. The summed E-state index contributed by atoms with van der Waals surface area (Å²) in [5.41, 5.74) is 0. The molecule has 0 aliphatic carbocycles. The highest BCUT2D eigenvalue weighted by molar-refractivity contribution is 5.76. The van der Waals surface area contributed by atoms with Crippen LogP contribution < -0.4 is 10.6 Å². The molecule has 0 bridgehead atoms. The maximum Gasteiger partial charge on any atom is 0.251 e. The van der Waals surface area contributed by atoms with Crippen molar-refractivity contribution in [2.45, 2.75) is 6.42 Å². The molecule has 0 unspecified atom stereocenters. The van der Waals surface area contributed by atoms with Crippen LogP contribution in [0.1, 0.15) is 6.42 Å². The number of hydrogen-bond acceptors (Lipinski definition) is 4. The summed E-state index contributed by atoms with van der Waals surface area (Å²) in [6.07, 6.45) is 0.0455. The molecule has 106 valence electrons. The van der Waals surface area contributed by atoms with Gasteiger partial charge in [-0.1, -0.05) is 0 Å². The van der Waals surface area contributed by atoms with Crippen LogP contribution in [0, 0.1) is 17.6 Å². The number of aromatic nitrogens is 1. The Morgan fingerprint density at radius 2 is 2.05 bits per heavy atom. The Balaban J connectivity index is 2.37. The van der Waals surface area contributed by atoms with Gasteiger partial charge >= 0.3 is 0 Å². The molecule has 8 heteroatoms. The molecule has 2 N–H and O–H groups in total. The van der Waals surface area contributed by atoms with Crippen LogP contribution in [-0.4, -0.2) is 37.7 Å². The Hall–Kier alpha value is -1.83. The van der Waals surface area contributed by atoms with E-state index in [1.54, 1.807) is 0 Å². The van der Waals surface area contributed by atoms with E-state index in [9.17, 15) is 18.0 Å². The number of amides is 1. The fourth-order valence-corrected chi connectivity index (χ4v) is 1.24. The second-order valence-corrected chi connectivity index (χ2v) is 3.61. The van der Waals surface area contributed by atoms with Gasteiger partial charge in [-0.3, -0.25) is 4.79 Å². The van der Waals surface area contributed by atoms with Crippen molar-refractivity contribution in [3.63, 3.8) is 0 Å². The summed E-state index contributed by atoms with van der Waals surface area (Å²) in [7, 11) is 1.51. The largest absolute Gasteiger partial charge is 0.383 e. The summed E-state index contributed by atoms with van der Waals surface area (Å²) in [4.78, 5) is 14.3. The number of ether oxygens (including phenoxy) is 1. The van der Waals surface area contributed by atoms with Gasteiger partial charge in [0, 0.05) is 32.7 Å². The van der Waals surface area contributed by atoms with E-state index in [4.69, 9.17) is 4.74 Å². The molecule has 0 spiro atoms. The Morgan fingerprint density at radius 1 is 1.32 bits per heavy atom. The number of pyridine rings is 1.